The van der Waals surface area contributed by atoms with Crippen LogP contribution in [-0.2, 0) is 6.42 Å². The zero-order chi connectivity index (χ0) is 19.2. The highest BCUT2D eigenvalue weighted by atomic mass is 16.3. The first-order chi connectivity index (χ1) is 13.0. The Labute approximate surface area is 160 Å². The molecule has 0 bridgehead atoms. The molecular formula is C21H29N3O3. The molecule has 27 heavy (non-hydrogen) atoms. The fourth-order valence-corrected chi connectivity index (χ4v) is 3.52. The molecular weight excluding hydrogens is 342 g/mol. The molecule has 1 atom stereocenters. The number of aryl methyl sites for hydroxylation is 1. The highest BCUT2D eigenvalue weighted by Crippen LogP contribution is 2.21. The van der Waals surface area contributed by atoms with Crippen LogP contribution in [0.5, 0.6) is 0 Å². The van der Waals surface area contributed by atoms with E-state index in [0.717, 1.165) is 55.5 Å². The molecule has 1 aliphatic heterocycles. The summed E-state index contributed by atoms with van der Waals surface area (Å²) in [6.07, 6.45) is 9.11. The number of carbonyl (C=O) groups excluding carboxylic acids is 1. The van der Waals surface area contributed by atoms with E-state index in [-0.39, 0.29) is 24.7 Å². The summed E-state index contributed by atoms with van der Waals surface area (Å²) in [7, 11) is 0. The molecule has 1 aliphatic carbocycles. The third-order valence-electron chi connectivity index (χ3n) is 5.20. The van der Waals surface area contributed by atoms with Crippen molar-refractivity contribution in [2.75, 3.05) is 6.61 Å². The van der Waals surface area contributed by atoms with E-state index in [1.807, 2.05) is 18.3 Å². The van der Waals surface area contributed by atoms with E-state index in [1.54, 1.807) is 13.0 Å². The second-order valence-corrected chi connectivity index (χ2v) is 7.51. The Bertz CT molecular complexity index is 721. The quantitative estimate of drug-likeness (QED) is 0.636. The summed E-state index contributed by atoms with van der Waals surface area (Å²) in [5.41, 5.74) is 2.72. The summed E-state index contributed by atoms with van der Waals surface area (Å²) in [6, 6.07) is 5.74. The minimum atomic E-state index is -0.265. The Morgan fingerprint density at radius 3 is 2.81 bits per heavy atom. The average molecular weight is 371 g/mol. The van der Waals surface area contributed by atoms with Crippen LogP contribution >= 0.6 is 0 Å². The van der Waals surface area contributed by atoms with Gasteiger partial charge in [0.05, 0.1) is 12.7 Å². The van der Waals surface area contributed by atoms with Crippen LogP contribution in [0.1, 0.15) is 60.5 Å². The maximum atomic E-state index is 12.3. The molecule has 0 radical (unpaired) electrons. The topological polar surface area (TPSA) is 94.0 Å². The molecule has 6 nitrogen and oxygen atoms in total. The van der Waals surface area contributed by atoms with Gasteiger partial charge >= 0.3 is 0 Å². The molecule has 0 saturated heterocycles. The third-order valence-corrected chi connectivity index (χ3v) is 5.20. The number of aliphatic hydroxyl groups is 2. The minimum Gasteiger partial charge on any atom is -0.394 e. The van der Waals surface area contributed by atoms with Gasteiger partial charge in [0.25, 0.3) is 5.91 Å². The second kappa shape index (κ2) is 9.15. The number of nitrogens with one attached hydrogen (secondary N) is 2. The van der Waals surface area contributed by atoms with Gasteiger partial charge in [-0.2, -0.15) is 0 Å². The smallest absolute Gasteiger partial charge is 0.251 e. The van der Waals surface area contributed by atoms with E-state index in [1.165, 1.54) is 0 Å². The molecule has 4 N–H and O–H groups in total. The maximum absolute atomic E-state index is 12.3. The van der Waals surface area contributed by atoms with Crippen molar-refractivity contribution in [2.45, 2.75) is 63.6 Å². The van der Waals surface area contributed by atoms with Gasteiger partial charge in [0, 0.05) is 23.9 Å². The van der Waals surface area contributed by atoms with Crippen molar-refractivity contribution in [3.63, 3.8) is 0 Å². The van der Waals surface area contributed by atoms with Gasteiger partial charge in [0.15, 0.2) is 0 Å². The molecule has 1 aromatic carbocycles. The lowest BCUT2D eigenvalue weighted by Gasteiger charge is -2.27. The molecule has 0 aromatic heterocycles. The number of hydrogen-bond acceptors (Lipinski definition) is 5. The third kappa shape index (κ3) is 5.40. The normalized spacial score (nSPS) is 26.6. The minimum absolute atomic E-state index is 0.0795. The Kier molecular flexibility index (Phi) is 6.63. The van der Waals surface area contributed by atoms with Gasteiger partial charge in [-0.3, -0.25) is 4.79 Å². The fourth-order valence-electron chi connectivity index (χ4n) is 3.52. The van der Waals surface area contributed by atoms with Gasteiger partial charge in [0.2, 0.25) is 0 Å². The molecule has 0 unspecified atom stereocenters. The molecule has 1 amide bonds. The summed E-state index contributed by atoms with van der Waals surface area (Å²) in [4.78, 5) is 16.9. The van der Waals surface area contributed by atoms with Crippen LogP contribution in [-0.4, -0.2) is 47.1 Å². The number of aliphatic imine (C=N–C) groups is 1. The van der Waals surface area contributed by atoms with Gasteiger partial charge in [-0.25, -0.2) is 4.99 Å². The van der Waals surface area contributed by atoms with Crippen molar-refractivity contribution < 1.29 is 15.0 Å². The number of aliphatic hydroxyl groups excluding tert-OH is 2. The summed E-state index contributed by atoms with van der Waals surface area (Å²) in [5.74, 6) is 0.719. The van der Waals surface area contributed by atoms with Crippen molar-refractivity contribution in [3.8, 4) is 0 Å². The van der Waals surface area contributed by atoms with E-state index < -0.39 is 0 Å². The summed E-state index contributed by atoms with van der Waals surface area (Å²) in [5, 5.41) is 25.0. The molecule has 3 rings (SSSR count). The van der Waals surface area contributed by atoms with Gasteiger partial charge < -0.3 is 20.8 Å². The van der Waals surface area contributed by atoms with Gasteiger partial charge in [-0.05, 0) is 74.8 Å². The molecule has 146 valence electrons. The number of benzene rings is 1. The fraction of sp³-hybridized carbons (Fsp3) is 0.524. The summed E-state index contributed by atoms with van der Waals surface area (Å²) in [6.45, 7) is 1.69. The number of amides is 1. The van der Waals surface area contributed by atoms with E-state index in [9.17, 15) is 9.90 Å². The predicted octanol–water partition coefficient (Wildman–Crippen LogP) is 1.90. The van der Waals surface area contributed by atoms with Crippen LogP contribution in [0.2, 0.25) is 0 Å². The first-order valence-corrected chi connectivity index (χ1v) is 9.78. The van der Waals surface area contributed by atoms with Crippen LogP contribution in [0, 0.1) is 0 Å². The second-order valence-electron chi connectivity index (χ2n) is 7.51. The SMILES string of the molecule is C[C@@H](CO)NC(=O)c1ccc2c(c1)CC/C=C(NC1CCC(O)CC1)/N=C\2. The van der Waals surface area contributed by atoms with Gasteiger partial charge in [-0.15, -0.1) is 0 Å². The Balaban J connectivity index is 1.66. The molecule has 6 heteroatoms. The highest BCUT2D eigenvalue weighted by Gasteiger charge is 2.20. The van der Waals surface area contributed by atoms with E-state index in [4.69, 9.17) is 5.11 Å². The highest BCUT2D eigenvalue weighted by molar-refractivity contribution is 5.96. The standard InChI is InChI=1S/C21H29N3O3/c1-14(13-25)23-21(27)16-5-6-17-12-22-20(4-2-3-15(17)11-16)24-18-7-9-19(26)10-8-18/h4-6,11-12,14,18-19,24-26H,2-3,7-10,13H2,1H3,(H,23,27)/b20-4-,22-12-/t14-,18?,19?/m0/s1. The van der Waals surface area contributed by atoms with Crippen molar-refractivity contribution in [3.05, 3.63) is 46.8 Å². The number of fused-ring (bicyclic) bond motifs is 1. The summed E-state index contributed by atoms with van der Waals surface area (Å²) >= 11 is 0. The zero-order valence-electron chi connectivity index (χ0n) is 15.8. The van der Waals surface area contributed by atoms with Crippen molar-refractivity contribution in [1.29, 1.82) is 0 Å². The van der Waals surface area contributed by atoms with Crippen LogP contribution in [0.3, 0.4) is 0 Å². The van der Waals surface area contributed by atoms with E-state index >= 15 is 0 Å². The van der Waals surface area contributed by atoms with Gasteiger partial charge in [0.1, 0.15) is 5.82 Å². The van der Waals surface area contributed by atoms with E-state index in [0.29, 0.717) is 11.6 Å². The van der Waals surface area contributed by atoms with Crippen LogP contribution in [0.15, 0.2) is 35.1 Å². The number of allylic oxidation sites excluding steroid dienone is 1. The number of rotatable bonds is 5. The van der Waals surface area contributed by atoms with Crippen molar-refractivity contribution >= 4 is 12.1 Å². The Hall–Kier alpha value is -2.18. The lowest BCUT2D eigenvalue weighted by atomic mass is 9.93. The average Bonchev–Trinajstić information content (AvgIpc) is 2.65. The first kappa shape index (κ1) is 19.6. The van der Waals surface area contributed by atoms with E-state index in [2.05, 4.69) is 21.7 Å². The molecule has 1 saturated carbocycles. The Morgan fingerprint density at radius 1 is 1.30 bits per heavy atom. The largest absolute Gasteiger partial charge is 0.394 e. The predicted molar refractivity (Wildman–Crippen MR) is 106 cm³/mol. The first-order valence-electron chi connectivity index (χ1n) is 9.78. The van der Waals surface area contributed by atoms with Crippen LogP contribution in [0.25, 0.3) is 0 Å². The maximum Gasteiger partial charge on any atom is 0.251 e. The molecule has 1 aromatic rings. The molecule has 2 aliphatic rings. The number of hydrogen-bond donors (Lipinski definition) is 4. The van der Waals surface area contributed by atoms with Crippen molar-refractivity contribution in [1.82, 2.24) is 10.6 Å². The number of carbonyl (C=O) groups is 1. The zero-order valence-corrected chi connectivity index (χ0v) is 15.8. The molecule has 1 heterocycles. The molecule has 1 fully saturated rings. The van der Waals surface area contributed by atoms with Crippen LogP contribution < -0.4 is 10.6 Å². The van der Waals surface area contributed by atoms with Gasteiger partial charge in [-0.1, -0.05) is 6.07 Å². The van der Waals surface area contributed by atoms with Crippen LogP contribution in [0.4, 0.5) is 0 Å². The Morgan fingerprint density at radius 2 is 2.07 bits per heavy atom. The number of nitrogens with zero attached hydrogens (tertiary/aromatic N) is 1. The van der Waals surface area contributed by atoms with Crippen molar-refractivity contribution in [2.24, 2.45) is 4.99 Å². The monoisotopic (exact) mass is 371 g/mol. The lowest BCUT2D eigenvalue weighted by molar-refractivity contribution is 0.0922. The lowest BCUT2D eigenvalue weighted by Crippen LogP contribution is -2.35. The summed E-state index contributed by atoms with van der Waals surface area (Å²) < 4.78 is 0. The molecule has 0 spiro atoms.